The van der Waals surface area contributed by atoms with E-state index in [0.29, 0.717) is 16.9 Å². The van der Waals surface area contributed by atoms with Crippen molar-refractivity contribution in [2.45, 2.75) is 13.5 Å². The predicted molar refractivity (Wildman–Crippen MR) is 68.8 cm³/mol. The largest absolute Gasteiger partial charge is 0.489 e. The lowest BCUT2D eigenvalue weighted by Gasteiger charge is -2.08. The van der Waals surface area contributed by atoms with Crippen molar-refractivity contribution in [1.82, 2.24) is 0 Å². The second-order valence-electron chi connectivity index (χ2n) is 4.35. The first-order valence-corrected chi connectivity index (χ1v) is 5.87. The van der Waals surface area contributed by atoms with Gasteiger partial charge in [-0.25, -0.2) is 13.6 Å². The summed E-state index contributed by atoms with van der Waals surface area (Å²) in [6.07, 6.45) is 0. The highest BCUT2D eigenvalue weighted by Gasteiger charge is 2.08. The first kappa shape index (κ1) is 14.0. The van der Waals surface area contributed by atoms with E-state index in [1.165, 1.54) is 24.3 Å². The number of carboxylic acids is 1. The molecule has 0 atom stereocenters. The Morgan fingerprint density at radius 3 is 2.35 bits per heavy atom. The molecule has 5 heteroatoms. The second kappa shape index (κ2) is 5.69. The Labute approximate surface area is 114 Å². The molecule has 0 aliphatic heterocycles. The normalized spacial score (nSPS) is 10.3. The Kier molecular flexibility index (Phi) is 3.98. The molecule has 2 aromatic carbocycles. The fourth-order valence-corrected chi connectivity index (χ4v) is 1.83. The van der Waals surface area contributed by atoms with Crippen LogP contribution in [0.5, 0.6) is 5.75 Å². The third-order valence-electron chi connectivity index (χ3n) is 2.76. The van der Waals surface area contributed by atoms with Gasteiger partial charge in [-0.05, 0) is 48.4 Å². The maximum absolute atomic E-state index is 13.0. The minimum atomic E-state index is -1.01. The van der Waals surface area contributed by atoms with Crippen LogP contribution in [0.1, 0.15) is 21.5 Å². The van der Waals surface area contributed by atoms with Gasteiger partial charge in [-0.3, -0.25) is 0 Å². The Hall–Kier alpha value is -2.43. The zero-order valence-electron chi connectivity index (χ0n) is 10.7. The smallest absolute Gasteiger partial charge is 0.335 e. The van der Waals surface area contributed by atoms with Gasteiger partial charge in [-0.15, -0.1) is 0 Å². The summed E-state index contributed by atoms with van der Waals surface area (Å²) in [5.41, 5.74) is 1.11. The van der Waals surface area contributed by atoms with Crippen LogP contribution in [0.15, 0.2) is 36.4 Å². The van der Waals surface area contributed by atoms with Gasteiger partial charge in [-0.2, -0.15) is 0 Å². The summed E-state index contributed by atoms with van der Waals surface area (Å²) >= 11 is 0. The molecular weight excluding hydrogens is 266 g/mol. The molecule has 0 heterocycles. The van der Waals surface area contributed by atoms with E-state index in [1.54, 1.807) is 13.0 Å². The van der Waals surface area contributed by atoms with Crippen molar-refractivity contribution >= 4 is 5.97 Å². The highest BCUT2D eigenvalue weighted by Crippen LogP contribution is 2.19. The lowest BCUT2D eigenvalue weighted by Crippen LogP contribution is -2.01. The fraction of sp³-hybridized carbons (Fsp3) is 0.133. The molecule has 20 heavy (non-hydrogen) atoms. The highest BCUT2D eigenvalue weighted by molar-refractivity contribution is 5.89. The minimum Gasteiger partial charge on any atom is -0.489 e. The van der Waals surface area contributed by atoms with E-state index in [2.05, 4.69) is 0 Å². The molecule has 2 aromatic rings. The molecule has 0 saturated heterocycles. The van der Waals surface area contributed by atoms with Crippen LogP contribution in [0.3, 0.4) is 0 Å². The van der Waals surface area contributed by atoms with Crippen molar-refractivity contribution in [2.75, 3.05) is 0 Å². The summed E-state index contributed by atoms with van der Waals surface area (Å²) in [6, 6.07) is 7.66. The van der Waals surface area contributed by atoms with Crippen LogP contribution in [0.2, 0.25) is 0 Å². The number of carboxylic acid groups (broad SMARTS) is 1. The fourth-order valence-electron chi connectivity index (χ4n) is 1.83. The van der Waals surface area contributed by atoms with Crippen molar-refractivity contribution in [3.05, 3.63) is 64.7 Å². The summed E-state index contributed by atoms with van der Waals surface area (Å²) in [5, 5.41) is 8.90. The van der Waals surface area contributed by atoms with E-state index in [-0.39, 0.29) is 12.2 Å². The zero-order chi connectivity index (χ0) is 14.7. The lowest BCUT2D eigenvalue weighted by atomic mass is 10.1. The third kappa shape index (κ3) is 3.32. The summed E-state index contributed by atoms with van der Waals surface area (Å²) in [4.78, 5) is 10.9. The molecule has 0 fully saturated rings. The van der Waals surface area contributed by atoms with Gasteiger partial charge in [0.25, 0.3) is 0 Å². The van der Waals surface area contributed by atoms with Gasteiger partial charge >= 0.3 is 5.97 Å². The maximum Gasteiger partial charge on any atom is 0.335 e. The molecule has 0 aliphatic carbocycles. The van der Waals surface area contributed by atoms with Crippen molar-refractivity contribution < 1.29 is 23.4 Å². The highest BCUT2D eigenvalue weighted by atomic mass is 19.1. The minimum absolute atomic E-state index is 0.000534. The van der Waals surface area contributed by atoms with Gasteiger partial charge in [-0.1, -0.05) is 0 Å². The van der Waals surface area contributed by atoms with Gasteiger partial charge in [0.1, 0.15) is 24.0 Å². The van der Waals surface area contributed by atoms with Crippen molar-refractivity contribution in [3.63, 3.8) is 0 Å². The number of carbonyl (C=O) groups is 1. The number of benzene rings is 2. The summed E-state index contributed by atoms with van der Waals surface area (Å²) in [6.45, 7) is 1.65. The molecule has 1 N–H and O–H groups in total. The van der Waals surface area contributed by atoms with Crippen LogP contribution in [0.25, 0.3) is 0 Å². The third-order valence-corrected chi connectivity index (χ3v) is 2.76. The SMILES string of the molecule is Cc1cc(OCc2cc(F)cc(F)c2)ccc1C(=O)O. The number of aromatic carboxylic acids is 1. The average molecular weight is 278 g/mol. The standard InChI is InChI=1S/C15H12F2O3/c1-9-4-13(2-3-14(9)15(18)19)20-8-10-5-11(16)7-12(17)6-10/h2-7H,8H2,1H3,(H,18,19). The van der Waals surface area contributed by atoms with Gasteiger partial charge in [0.05, 0.1) is 5.56 Å². The molecule has 0 aromatic heterocycles. The van der Waals surface area contributed by atoms with E-state index in [0.717, 1.165) is 6.07 Å². The Morgan fingerprint density at radius 1 is 1.15 bits per heavy atom. The zero-order valence-corrected chi connectivity index (χ0v) is 10.7. The van der Waals surface area contributed by atoms with Crippen molar-refractivity contribution in [1.29, 1.82) is 0 Å². The van der Waals surface area contributed by atoms with E-state index < -0.39 is 17.6 Å². The molecule has 0 bridgehead atoms. The number of aryl methyl sites for hydroxylation is 1. The molecule has 2 rings (SSSR count). The Bertz CT molecular complexity index is 633. The number of ether oxygens (including phenoxy) is 1. The average Bonchev–Trinajstić information content (AvgIpc) is 2.35. The van der Waals surface area contributed by atoms with E-state index in [9.17, 15) is 13.6 Å². The molecular formula is C15H12F2O3. The Morgan fingerprint density at radius 2 is 1.80 bits per heavy atom. The van der Waals surface area contributed by atoms with E-state index >= 15 is 0 Å². The van der Waals surface area contributed by atoms with Gasteiger partial charge < -0.3 is 9.84 Å². The molecule has 0 radical (unpaired) electrons. The molecule has 0 aliphatic rings. The molecule has 0 amide bonds. The van der Waals surface area contributed by atoms with Crippen LogP contribution in [-0.4, -0.2) is 11.1 Å². The van der Waals surface area contributed by atoms with Crippen molar-refractivity contribution in [3.8, 4) is 5.75 Å². The Balaban J connectivity index is 2.11. The maximum atomic E-state index is 13.0. The van der Waals surface area contributed by atoms with E-state index in [4.69, 9.17) is 9.84 Å². The molecule has 0 saturated carbocycles. The molecule has 3 nitrogen and oxygen atoms in total. The van der Waals surface area contributed by atoms with Crippen LogP contribution in [0, 0.1) is 18.6 Å². The monoisotopic (exact) mass is 278 g/mol. The van der Waals surface area contributed by atoms with Crippen LogP contribution in [-0.2, 0) is 6.61 Å². The van der Waals surface area contributed by atoms with Gasteiger partial charge in [0, 0.05) is 6.07 Å². The summed E-state index contributed by atoms with van der Waals surface area (Å²) in [5.74, 6) is -1.90. The summed E-state index contributed by atoms with van der Waals surface area (Å²) < 4.78 is 31.4. The van der Waals surface area contributed by atoms with Gasteiger partial charge in [0.2, 0.25) is 0 Å². The quantitative estimate of drug-likeness (QED) is 0.930. The van der Waals surface area contributed by atoms with Crippen LogP contribution >= 0.6 is 0 Å². The topological polar surface area (TPSA) is 46.5 Å². The van der Waals surface area contributed by atoms with Gasteiger partial charge in [0.15, 0.2) is 0 Å². The summed E-state index contributed by atoms with van der Waals surface area (Å²) in [7, 11) is 0. The number of hydrogen-bond acceptors (Lipinski definition) is 2. The number of halogens is 2. The predicted octanol–water partition coefficient (Wildman–Crippen LogP) is 3.55. The number of hydrogen-bond donors (Lipinski definition) is 1. The molecule has 104 valence electrons. The second-order valence-corrected chi connectivity index (χ2v) is 4.35. The lowest BCUT2D eigenvalue weighted by molar-refractivity contribution is 0.0696. The molecule has 0 unspecified atom stereocenters. The van der Waals surface area contributed by atoms with Crippen LogP contribution < -0.4 is 4.74 Å². The van der Waals surface area contributed by atoms with Crippen LogP contribution in [0.4, 0.5) is 8.78 Å². The van der Waals surface area contributed by atoms with Crippen molar-refractivity contribution in [2.24, 2.45) is 0 Å². The number of rotatable bonds is 4. The first-order chi connectivity index (χ1) is 9.45. The first-order valence-electron chi connectivity index (χ1n) is 5.87. The van der Waals surface area contributed by atoms with E-state index in [1.807, 2.05) is 0 Å². The molecule has 0 spiro atoms.